The maximum Gasteiger partial charge on any atom is 0.435 e. The summed E-state index contributed by atoms with van der Waals surface area (Å²) in [5.74, 6) is -0.620. The number of halogens is 3. The topological polar surface area (TPSA) is 101 Å². The predicted octanol–water partition coefficient (Wildman–Crippen LogP) is 2.00. The number of carbonyl (C=O) groups excluding carboxylic acids is 1. The molecule has 1 N–H and O–H groups in total. The second-order valence-electron chi connectivity index (χ2n) is 5.10. The van der Waals surface area contributed by atoms with E-state index in [9.17, 15) is 18.0 Å². The van der Waals surface area contributed by atoms with Crippen LogP contribution in [0.2, 0.25) is 0 Å². The monoisotopic (exact) mass is 349 g/mol. The maximum absolute atomic E-state index is 13.1. The minimum absolute atomic E-state index is 0.0420. The van der Waals surface area contributed by atoms with E-state index in [2.05, 4.69) is 20.5 Å². The molecule has 0 unspecified atom stereocenters. The molecule has 3 aromatic heterocycles. The van der Waals surface area contributed by atoms with Crippen LogP contribution in [0.3, 0.4) is 0 Å². The van der Waals surface area contributed by atoms with Crippen molar-refractivity contribution in [2.75, 3.05) is 5.32 Å². The van der Waals surface area contributed by atoms with Gasteiger partial charge in [-0.15, -0.1) is 5.10 Å². The van der Waals surface area contributed by atoms with Gasteiger partial charge in [-0.25, -0.2) is 4.52 Å². The molecule has 0 aliphatic heterocycles. The Morgan fingerprint density at radius 3 is 2.76 bits per heavy atom. The molecule has 3 heterocycles. The Morgan fingerprint density at radius 2 is 2.08 bits per heavy atom. The Balaban J connectivity index is 2.00. The first-order chi connectivity index (χ1) is 11.8. The molecule has 11 heteroatoms. The van der Waals surface area contributed by atoms with Gasteiger partial charge in [-0.1, -0.05) is 0 Å². The largest absolute Gasteiger partial charge is 0.435 e. The van der Waals surface area contributed by atoms with Crippen LogP contribution < -0.4 is 5.32 Å². The maximum atomic E-state index is 13.1. The molecule has 8 nitrogen and oxygen atoms in total. The van der Waals surface area contributed by atoms with E-state index in [1.54, 1.807) is 6.07 Å². The summed E-state index contributed by atoms with van der Waals surface area (Å²) < 4.78 is 41.6. The third-order valence-electron chi connectivity index (χ3n) is 3.23. The molecule has 0 aromatic carbocycles. The molecule has 0 saturated heterocycles. The highest BCUT2D eigenvalue weighted by Crippen LogP contribution is 2.35. The number of alkyl halides is 3. The average Bonchev–Trinajstić information content (AvgIpc) is 3.08. The average molecular weight is 349 g/mol. The minimum atomic E-state index is -4.59. The van der Waals surface area contributed by atoms with Crippen molar-refractivity contribution in [1.29, 1.82) is 5.26 Å². The molecule has 0 aliphatic carbocycles. The first-order valence-corrected chi connectivity index (χ1v) is 6.92. The van der Waals surface area contributed by atoms with Gasteiger partial charge in [-0.2, -0.15) is 28.5 Å². The molecule has 0 bridgehead atoms. The van der Waals surface area contributed by atoms with Crippen molar-refractivity contribution in [3.8, 4) is 17.2 Å². The zero-order chi connectivity index (χ0) is 18.2. The standard InChI is InChI=1S/C14H10F3N7O/c1-23-7-9(12(21-23)14(15,16)17)8-2-3-10-19-13(22-24(10)6-8)20-11(25)4-5-18/h2-3,6-7H,4H2,1H3,(H,20,22,25). The molecular formula is C14H10F3N7O. The Labute approximate surface area is 138 Å². The lowest BCUT2D eigenvalue weighted by Crippen LogP contribution is -2.11. The molecule has 0 fully saturated rings. The number of anilines is 1. The summed E-state index contributed by atoms with van der Waals surface area (Å²) in [4.78, 5) is 15.4. The molecule has 0 radical (unpaired) electrons. The highest BCUT2D eigenvalue weighted by atomic mass is 19.4. The second-order valence-corrected chi connectivity index (χ2v) is 5.10. The number of aryl methyl sites for hydroxylation is 1. The lowest BCUT2D eigenvalue weighted by Gasteiger charge is -2.06. The third kappa shape index (κ3) is 3.27. The van der Waals surface area contributed by atoms with Crippen LogP contribution in [0.25, 0.3) is 16.8 Å². The molecule has 0 saturated carbocycles. The van der Waals surface area contributed by atoms with Crippen molar-refractivity contribution in [2.24, 2.45) is 7.05 Å². The Morgan fingerprint density at radius 1 is 1.32 bits per heavy atom. The zero-order valence-corrected chi connectivity index (χ0v) is 12.7. The number of hydrogen-bond donors (Lipinski definition) is 1. The van der Waals surface area contributed by atoms with Crippen LogP contribution in [0.1, 0.15) is 12.1 Å². The SMILES string of the molecule is Cn1cc(-c2ccc3nc(NC(=O)CC#N)nn3c2)c(C(F)(F)F)n1. The van der Waals surface area contributed by atoms with E-state index in [-0.39, 0.29) is 23.5 Å². The Bertz CT molecular complexity index is 996. The Hall–Kier alpha value is -3.42. The summed E-state index contributed by atoms with van der Waals surface area (Å²) in [5, 5.41) is 18.2. The van der Waals surface area contributed by atoms with E-state index in [1.165, 1.54) is 36.1 Å². The fraction of sp³-hybridized carbons (Fsp3) is 0.214. The first-order valence-electron chi connectivity index (χ1n) is 6.92. The van der Waals surface area contributed by atoms with E-state index in [1.807, 2.05) is 0 Å². The van der Waals surface area contributed by atoms with Gasteiger partial charge in [-0.3, -0.25) is 14.8 Å². The van der Waals surface area contributed by atoms with Gasteiger partial charge < -0.3 is 0 Å². The van der Waals surface area contributed by atoms with Crippen LogP contribution in [0.4, 0.5) is 19.1 Å². The van der Waals surface area contributed by atoms with Crippen LogP contribution >= 0.6 is 0 Å². The van der Waals surface area contributed by atoms with Crippen LogP contribution in [0, 0.1) is 11.3 Å². The van der Waals surface area contributed by atoms with Crippen LogP contribution in [-0.4, -0.2) is 30.3 Å². The predicted molar refractivity (Wildman–Crippen MR) is 79.1 cm³/mol. The van der Waals surface area contributed by atoms with Crippen LogP contribution in [0.5, 0.6) is 0 Å². The van der Waals surface area contributed by atoms with E-state index in [0.717, 1.165) is 4.68 Å². The van der Waals surface area contributed by atoms with Gasteiger partial charge in [0.15, 0.2) is 11.3 Å². The van der Waals surface area contributed by atoms with Crippen LogP contribution in [0.15, 0.2) is 24.5 Å². The number of carbonyl (C=O) groups is 1. The fourth-order valence-electron chi connectivity index (χ4n) is 2.25. The van der Waals surface area contributed by atoms with E-state index < -0.39 is 17.8 Å². The van der Waals surface area contributed by atoms with Gasteiger partial charge >= 0.3 is 6.18 Å². The van der Waals surface area contributed by atoms with Gasteiger partial charge in [0.1, 0.15) is 6.42 Å². The van der Waals surface area contributed by atoms with E-state index >= 15 is 0 Å². The second kappa shape index (κ2) is 5.90. The molecule has 25 heavy (non-hydrogen) atoms. The third-order valence-corrected chi connectivity index (χ3v) is 3.23. The molecule has 3 aromatic rings. The van der Waals surface area contributed by atoms with Crippen molar-refractivity contribution in [1.82, 2.24) is 24.4 Å². The first kappa shape index (κ1) is 16.4. The van der Waals surface area contributed by atoms with Crippen molar-refractivity contribution >= 4 is 17.5 Å². The quantitative estimate of drug-likeness (QED) is 0.779. The smallest absolute Gasteiger partial charge is 0.292 e. The molecule has 3 rings (SSSR count). The van der Waals surface area contributed by atoms with Gasteiger partial charge in [0.05, 0.1) is 6.07 Å². The van der Waals surface area contributed by atoms with Crippen molar-refractivity contribution in [3.05, 3.63) is 30.2 Å². The lowest BCUT2D eigenvalue weighted by molar-refractivity contribution is -0.141. The lowest BCUT2D eigenvalue weighted by atomic mass is 10.1. The van der Waals surface area contributed by atoms with Gasteiger partial charge in [-0.05, 0) is 12.1 Å². The summed E-state index contributed by atoms with van der Waals surface area (Å²) in [7, 11) is 1.40. The van der Waals surface area contributed by atoms with Gasteiger partial charge in [0.25, 0.3) is 0 Å². The number of rotatable bonds is 3. The molecule has 0 atom stereocenters. The van der Waals surface area contributed by atoms with Crippen molar-refractivity contribution in [3.63, 3.8) is 0 Å². The van der Waals surface area contributed by atoms with Crippen molar-refractivity contribution in [2.45, 2.75) is 12.6 Å². The Kier molecular flexibility index (Phi) is 3.88. The van der Waals surface area contributed by atoms with Gasteiger partial charge in [0, 0.05) is 30.6 Å². The number of amides is 1. The van der Waals surface area contributed by atoms with Gasteiger partial charge in [0.2, 0.25) is 11.9 Å². The fourth-order valence-corrected chi connectivity index (χ4v) is 2.25. The summed E-state index contributed by atoms with van der Waals surface area (Å²) >= 11 is 0. The number of nitriles is 1. The minimum Gasteiger partial charge on any atom is -0.292 e. The number of nitrogens with one attached hydrogen (secondary N) is 1. The number of hydrogen-bond acceptors (Lipinski definition) is 5. The number of aromatic nitrogens is 5. The van der Waals surface area contributed by atoms with Crippen LogP contribution in [-0.2, 0) is 18.0 Å². The highest BCUT2D eigenvalue weighted by Gasteiger charge is 2.37. The molecular weight excluding hydrogens is 339 g/mol. The molecule has 0 spiro atoms. The van der Waals surface area contributed by atoms with E-state index in [0.29, 0.717) is 5.65 Å². The molecule has 1 amide bonds. The van der Waals surface area contributed by atoms with E-state index in [4.69, 9.17) is 5.26 Å². The molecule has 128 valence electrons. The normalized spacial score (nSPS) is 11.5. The summed E-state index contributed by atoms with van der Waals surface area (Å²) in [6, 6.07) is 4.61. The zero-order valence-electron chi connectivity index (χ0n) is 12.7. The number of nitrogens with zero attached hydrogens (tertiary/aromatic N) is 6. The summed E-state index contributed by atoms with van der Waals surface area (Å²) in [5.41, 5.74) is -0.527. The highest BCUT2D eigenvalue weighted by molar-refractivity contribution is 5.90. The summed E-state index contributed by atoms with van der Waals surface area (Å²) in [6.07, 6.45) is -2.33. The number of fused-ring (bicyclic) bond motifs is 1. The number of pyridine rings is 1. The molecule has 0 aliphatic rings. The van der Waals surface area contributed by atoms with Crippen molar-refractivity contribution < 1.29 is 18.0 Å². The summed E-state index contributed by atoms with van der Waals surface area (Å²) in [6.45, 7) is 0.